The van der Waals surface area contributed by atoms with Gasteiger partial charge in [0, 0.05) is 25.6 Å². The Labute approximate surface area is 175 Å². The average molecular weight is 477 g/mol. The van der Waals surface area contributed by atoms with Gasteiger partial charge in [-0.25, -0.2) is 4.98 Å². The second kappa shape index (κ2) is 11.1. The molecule has 0 spiro atoms. The molecule has 0 saturated carbocycles. The summed E-state index contributed by atoms with van der Waals surface area (Å²) in [5, 5.41) is 6.69. The second-order valence-corrected chi connectivity index (χ2v) is 8.14. The van der Waals surface area contributed by atoms with E-state index in [9.17, 15) is 0 Å². The van der Waals surface area contributed by atoms with Crippen LogP contribution >= 0.6 is 24.0 Å². The minimum atomic E-state index is -0.0188. The van der Waals surface area contributed by atoms with Crippen LogP contribution in [0.3, 0.4) is 0 Å². The number of rotatable bonds is 6. The molecule has 1 aliphatic rings. The Hall–Kier alpha value is -0.830. The standard InChI is InChI=1S/C19H35N5O.HI/c1-15(14-24-9-7-6-8-10-24)11-22-18(20-5)23-13-17-21-12-16(25-17)19(2,3)4;/h12,15H,6-11,13-14H2,1-5H3,(H2,20,22,23);1H. The quantitative estimate of drug-likeness (QED) is 0.374. The predicted molar refractivity (Wildman–Crippen MR) is 118 cm³/mol. The third kappa shape index (κ3) is 7.82. The first-order chi connectivity index (χ1) is 11.9. The van der Waals surface area contributed by atoms with Crippen molar-refractivity contribution < 1.29 is 4.42 Å². The SMILES string of the molecule is CN=C(NCc1ncc(C(C)(C)C)o1)NCC(C)CN1CCCCC1.I. The highest BCUT2D eigenvalue weighted by Crippen LogP contribution is 2.22. The number of halogens is 1. The van der Waals surface area contributed by atoms with Gasteiger partial charge in [-0.3, -0.25) is 4.99 Å². The van der Waals surface area contributed by atoms with Crippen LogP contribution in [-0.4, -0.2) is 49.1 Å². The number of guanidine groups is 1. The first kappa shape index (κ1) is 23.2. The summed E-state index contributed by atoms with van der Waals surface area (Å²) in [6.45, 7) is 13.7. The molecule has 2 rings (SSSR count). The summed E-state index contributed by atoms with van der Waals surface area (Å²) in [6.07, 6.45) is 5.89. The molecule has 0 amide bonds. The van der Waals surface area contributed by atoms with E-state index < -0.39 is 0 Å². The lowest BCUT2D eigenvalue weighted by molar-refractivity contribution is 0.201. The smallest absolute Gasteiger partial charge is 0.213 e. The number of nitrogens with one attached hydrogen (secondary N) is 2. The minimum absolute atomic E-state index is 0. The molecule has 0 aliphatic carbocycles. The maximum absolute atomic E-state index is 5.81. The molecular formula is C19H36IN5O. The van der Waals surface area contributed by atoms with Crippen molar-refractivity contribution in [1.82, 2.24) is 20.5 Å². The van der Waals surface area contributed by atoms with Crippen molar-refractivity contribution in [3.05, 3.63) is 17.8 Å². The highest BCUT2D eigenvalue weighted by atomic mass is 127. The van der Waals surface area contributed by atoms with Gasteiger partial charge in [0.1, 0.15) is 5.76 Å². The molecule has 7 heteroatoms. The molecule has 150 valence electrons. The number of oxazole rings is 1. The first-order valence-electron chi connectivity index (χ1n) is 9.50. The van der Waals surface area contributed by atoms with E-state index in [0.29, 0.717) is 18.4 Å². The molecule has 0 radical (unpaired) electrons. The Morgan fingerprint density at radius 3 is 2.54 bits per heavy atom. The molecule has 6 nitrogen and oxygen atoms in total. The molecule has 1 unspecified atom stereocenters. The minimum Gasteiger partial charge on any atom is -0.443 e. The van der Waals surface area contributed by atoms with Gasteiger partial charge in [0.15, 0.2) is 5.96 Å². The van der Waals surface area contributed by atoms with Crippen molar-refractivity contribution in [1.29, 1.82) is 0 Å². The van der Waals surface area contributed by atoms with Crippen molar-refractivity contribution in [2.24, 2.45) is 10.9 Å². The molecule has 2 heterocycles. The monoisotopic (exact) mass is 477 g/mol. The van der Waals surface area contributed by atoms with Gasteiger partial charge < -0.3 is 20.0 Å². The number of nitrogens with zero attached hydrogens (tertiary/aromatic N) is 3. The van der Waals surface area contributed by atoms with Crippen molar-refractivity contribution >= 4 is 29.9 Å². The normalized spacial score (nSPS) is 17.5. The highest BCUT2D eigenvalue weighted by Gasteiger charge is 2.19. The van der Waals surface area contributed by atoms with Crippen LogP contribution in [0.1, 0.15) is 58.6 Å². The summed E-state index contributed by atoms with van der Waals surface area (Å²) in [5.41, 5.74) is -0.0188. The van der Waals surface area contributed by atoms with E-state index in [-0.39, 0.29) is 29.4 Å². The molecule has 0 aromatic carbocycles. The molecule has 26 heavy (non-hydrogen) atoms. The van der Waals surface area contributed by atoms with Crippen LogP contribution in [0.2, 0.25) is 0 Å². The number of aromatic nitrogens is 1. The maximum atomic E-state index is 5.81. The Bertz CT molecular complexity index is 546. The third-order valence-corrected chi connectivity index (χ3v) is 4.56. The van der Waals surface area contributed by atoms with E-state index in [0.717, 1.165) is 24.8 Å². The van der Waals surface area contributed by atoms with E-state index in [1.165, 1.54) is 32.4 Å². The lowest BCUT2D eigenvalue weighted by Crippen LogP contribution is -2.42. The van der Waals surface area contributed by atoms with Crippen molar-refractivity contribution in [2.45, 2.75) is 58.9 Å². The molecule has 0 bridgehead atoms. The van der Waals surface area contributed by atoms with Gasteiger partial charge in [0.2, 0.25) is 5.89 Å². The van der Waals surface area contributed by atoms with Gasteiger partial charge in [-0.05, 0) is 31.8 Å². The molecule has 1 aromatic rings. The van der Waals surface area contributed by atoms with Crippen LogP contribution in [0.4, 0.5) is 0 Å². The van der Waals surface area contributed by atoms with Gasteiger partial charge >= 0.3 is 0 Å². The Balaban J connectivity index is 0.00000338. The number of likely N-dealkylation sites (tertiary alicyclic amines) is 1. The van der Waals surface area contributed by atoms with Crippen molar-refractivity contribution in [3.63, 3.8) is 0 Å². The first-order valence-corrected chi connectivity index (χ1v) is 9.50. The Morgan fingerprint density at radius 2 is 1.96 bits per heavy atom. The van der Waals surface area contributed by atoms with Gasteiger partial charge in [-0.15, -0.1) is 24.0 Å². The summed E-state index contributed by atoms with van der Waals surface area (Å²) >= 11 is 0. The molecule has 1 aliphatic heterocycles. The van der Waals surface area contributed by atoms with Crippen LogP contribution in [0.25, 0.3) is 0 Å². The van der Waals surface area contributed by atoms with Gasteiger partial charge in [0.25, 0.3) is 0 Å². The largest absolute Gasteiger partial charge is 0.443 e. The average Bonchev–Trinajstić information content (AvgIpc) is 3.05. The van der Waals surface area contributed by atoms with Crippen LogP contribution in [0.5, 0.6) is 0 Å². The van der Waals surface area contributed by atoms with Gasteiger partial charge in [-0.2, -0.15) is 0 Å². The number of hydrogen-bond acceptors (Lipinski definition) is 4. The Morgan fingerprint density at radius 1 is 1.27 bits per heavy atom. The topological polar surface area (TPSA) is 65.7 Å². The van der Waals surface area contributed by atoms with Crippen LogP contribution < -0.4 is 10.6 Å². The van der Waals surface area contributed by atoms with Gasteiger partial charge in [-0.1, -0.05) is 34.1 Å². The summed E-state index contributed by atoms with van der Waals surface area (Å²) < 4.78 is 5.81. The molecule has 1 fully saturated rings. The van der Waals surface area contributed by atoms with E-state index in [4.69, 9.17) is 4.42 Å². The molecule has 1 aromatic heterocycles. The zero-order valence-corrected chi connectivity index (χ0v) is 19.3. The number of hydrogen-bond donors (Lipinski definition) is 2. The predicted octanol–water partition coefficient (Wildman–Crippen LogP) is 3.38. The summed E-state index contributed by atoms with van der Waals surface area (Å²) in [4.78, 5) is 11.2. The van der Waals surface area contributed by atoms with E-state index >= 15 is 0 Å². The van der Waals surface area contributed by atoms with Crippen molar-refractivity contribution in [3.8, 4) is 0 Å². The maximum Gasteiger partial charge on any atom is 0.213 e. The fourth-order valence-electron chi connectivity index (χ4n) is 3.04. The van der Waals surface area contributed by atoms with E-state index in [1.807, 2.05) is 6.20 Å². The fraction of sp³-hybridized carbons (Fsp3) is 0.789. The van der Waals surface area contributed by atoms with Crippen LogP contribution in [0.15, 0.2) is 15.6 Å². The van der Waals surface area contributed by atoms with Crippen LogP contribution in [-0.2, 0) is 12.0 Å². The Kier molecular flexibility index (Phi) is 9.92. The second-order valence-electron chi connectivity index (χ2n) is 8.14. The lowest BCUT2D eigenvalue weighted by atomic mass is 9.94. The van der Waals surface area contributed by atoms with E-state index in [2.05, 4.69) is 53.2 Å². The third-order valence-electron chi connectivity index (χ3n) is 4.56. The fourth-order valence-corrected chi connectivity index (χ4v) is 3.04. The molecule has 2 N–H and O–H groups in total. The molecule has 1 atom stereocenters. The highest BCUT2D eigenvalue weighted by molar-refractivity contribution is 14.0. The summed E-state index contributed by atoms with van der Waals surface area (Å²) in [5.74, 6) is 2.98. The number of piperidine rings is 1. The van der Waals surface area contributed by atoms with Crippen LogP contribution in [0, 0.1) is 5.92 Å². The van der Waals surface area contributed by atoms with Crippen molar-refractivity contribution in [2.75, 3.05) is 33.2 Å². The lowest BCUT2D eigenvalue weighted by Gasteiger charge is -2.29. The van der Waals surface area contributed by atoms with Gasteiger partial charge in [0.05, 0.1) is 12.7 Å². The zero-order valence-electron chi connectivity index (χ0n) is 17.0. The molecular weight excluding hydrogens is 441 g/mol. The number of aliphatic imine (C=N–C) groups is 1. The summed E-state index contributed by atoms with van der Waals surface area (Å²) in [7, 11) is 1.79. The zero-order chi connectivity index (χ0) is 18.3. The molecule has 1 saturated heterocycles. The summed E-state index contributed by atoms with van der Waals surface area (Å²) in [6, 6.07) is 0. The van der Waals surface area contributed by atoms with E-state index in [1.54, 1.807) is 7.05 Å².